The summed E-state index contributed by atoms with van der Waals surface area (Å²) in [6, 6.07) is 14.2. The Balaban J connectivity index is 1.42. The Kier molecular flexibility index (Phi) is 7.73. The molecule has 7 heteroatoms. The number of carbonyl (C=O) groups is 1. The van der Waals surface area contributed by atoms with Gasteiger partial charge in [-0.2, -0.15) is 0 Å². The summed E-state index contributed by atoms with van der Waals surface area (Å²) in [6.07, 6.45) is 0.679. The first-order valence-corrected chi connectivity index (χ1v) is 11.9. The number of carbonyl (C=O) groups excluding carboxylic acids is 1. The molecule has 33 heavy (non-hydrogen) atoms. The summed E-state index contributed by atoms with van der Waals surface area (Å²) in [7, 11) is 0. The average molecular weight is 457 g/mol. The molecule has 0 saturated carbocycles. The lowest BCUT2D eigenvalue weighted by Gasteiger charge is -2.39. The van der Waals surface area contributed by atoms with Crippen LogP contribution in [0, 0.1) is 11.6 Å². The fourth-order valence-corrected chi connectivity index (χ4v) is 4.89. The van der Waals surface area contributed by atoms with Crippen LogP contribution in [0.3, 0.4) is 0 Å². The molecule has 0 aliphatic carbocycles. The van der Waals surface area contributed by atoms with Crippen molar-refractivity contribution in [3.8, 4) is 0 Å². The van der Waals surface area contributed by atoms with Crippen LogP contribution >= 0.6 is 0 Å². The molecule has 2 aromatic carbocycles. The standard InChI is InChI=1S/C26H34F2N4O/c1-19(2)30-10-12-31(13-11-30)26(33)25-15-23(18-32(25)17-20-6-4-3-5-7-20)29-16-21-8-9-22(27)14-24(21)28/h3-9,14,19,23,25,29H,10-13,15-18H2,1-2H3/t23-,25-/m0/s1. The topological polar surface area (TPSA) is 38.8 Å². The van der Waals surface area contributed by atoms with Crippen molar-refractivity contribution in [3.05, 3.63) is 71.3 Å². The van der Waals surface area contributed by atoms with Crippen LogP contribution in [0.5, 0.6) is 0 Å². The Morgan fingerprint density at radius 1 is 1.06 bits per heavy atom. The van der Waals surface area contributed by atoms with Gasteiger partial charge in [-0.25, -0.2) is 8.78 Å². The molecule has 1 N–H and O–H groups in total. The van der Waals surface area contributed by atoms with Crippen molar-refractivity contribution in [2.75, 3.05) is 32.7 Å². The predicted molar refractivity (Wildman–Crippen MR) is 126 cm³/mol. The van der Waals surface area contributed by atoms with Gasteiger partial charge in [0, 0.05) is 69.5 Å². The molecule has 2 atom stereocenters. The van der Waals surface area contributed by atoms with Gasteiger partial charge < -0.3 is 10.2 Å². The van der Waals surface area contributed by atoms with E-state index in [2.05, 4.69) is 41.1 Å². The number of nitrogens with zero attached hydrogens (tertiary/aromatic N) is 3. The van der Waals surface area contributed by atoms with Crippen molar-refractivity contribution in [3.63, 3.8) is 0 Å². The zero-order chi connectivity index (χ0) is 23.4. The molecular weight excluding hydrogens is 422 g/mol. The van der Waals surface area contributed by atoms with Gasteiger partial charge in [0.2, 0.25) is 5.91 Å². The highest BCUT2D eigenvalue weighted by Gasteiger charge is 2.39. The Hall–Kier alpha value is -2.35. The molecule has 2 aliphatic rings. The molecular formula is C26H34F2N4O. The smallest absolute Gasteiger partial charge is 0.240 e. The maximum atomic E-state index is 14.1. The van der Waals surface area contributed by atoms with Gasteiger partial charge in [0.05, 0.1) is 6.04 Å². The van der Waals surface area contributed by atoms with E-state index >= 15 is 0 Å². The molecule has 2 heterocycles. The summed E-state index contributed by atoms with van der Waals surface area (Å²) in [4.78, 5) is 20.2. The van der Waals surface area contributed by atoms with E-state index in [1.165, 1.54) is 17.7 Å². The van der Waals surface area contributed by atoms with Gasteiger partial charge in [-0.05, 0) is 31.9 Å². The second-order valence-corrected chi connectivity index (χ2v) is 9.44. The molecule has 0 bridgehead atoms. The SMILES string of the molecule is CC(C)N1CCN(C(=O)[C@@H]2C[C@H](NCc3ccc(F)cc3F)CN2Cc2ccccc2)CC1. The van der Waals surface area contributed by atoms with Gasteiger partial charge in [-0.15, -0.1) is 0 Å². The predicted octanol–water partition coefficient (Wildman–Crippen LogP) is 3.25. The van der Waals surface area contributed by atoms with Crippen LogP contribution < -0.4 is 5.32 Å². The number of piperazine rings is 1. The molecule has 0 spiro atoms. The van der Waals surface area contributed by atoms with Crippen LogP contribution in [0.25, 0.3) is 0 Å². The second kappa shape index (κ2) is 10.7. The monoisotopic (exact) mass is 456 g/mol. The Bertz CT molecular complexity index is 931. The number of hydrogen-bond donors (Lipinski definition) is 1. The highest BCUT2D eigenvalue weighted by Crippen LogP contribution is 2.24. The van der Waals surface area contributed by atoms with Crippen molar-refractivity contribution < 1.29 is 13.6 Å². The van der Waals surface area contributed by atoms with Crippen molar-refractivity contribution in [1.29, 1.82) is 0 Å². The second-order valence-electron chi connectivity index (χ2n) is 9.44. The summed E-state index contributed by atoms with van der Waals surface area (Å²) in [5.41, 5.74) is 1.61. The summed E-state index contributed by atoms with van der Waals surface area (Å²) < 4.78 is 27.3. The van der Waals surface area contributed by atoms with Gasteiger partial charge in [0.1, 0.15) is 11.6 Å². The van der Waals surface area contributed by atoms with E-state index in [1.54, 1.807) is 0 Å². The first-order valence-electron chi connectivity index (χ1n) is 11.9. The number of likely N-dealkylation sites (tertiary alicyclic amines) is 1. The summed E-state index contributed by atoms with van der Waals surface area (Å²) >= 11 is 0. The van der Waals surface area contributed by atoms with Crippen molar-refractivity contribution in [2.45, 2.75) is 51.5 Å². The van der Waals surface area contributed by atoms with E-state index in [4.69, 9.17) is 0 Å². The van der Waals surface area contributed by atoms with Crippen molar-refractivity contribution in [1.82, 2.24) is 20.0 Å². The minimum Gasteiger partial charge on any atom is -0.339 e. The first-order chi connectivity index (χ1) is 15.9. The Morgan fingerprint density at radius 2 is 1.79 bits per heavy atom. The Labute approximate surface area is 195 Å². The minimum absolute atomic E-state index is 0.0593. The number of nitrogens with one attached hydrogen (secondary N) is 1. The van der Waals surface area contributed by atoms with Crippen LogP contribution in [0.15, 0.2) is 48.5 Å². The Morgan fingerprint density at radius 3 is 2.45 bits per heavy atom. The van der Waals surface area contributed by atoms with Crippen LogP contribution in [-0.2, 0) is 17.9 Å². The number of halogens is 2. The number of amides is 1. The molecule has 5 nitrogen and oxygen atoms in total. The molecule has 2 aliphatic heterocycles. The molecule has 178 valence electrons. The van der Waals surface area contributed by atoms with Crippen molar-refractivity contribution >= 4 is 5.91 Å². The van der Waals surface area contributed by atoms with Crippen LogP contribution in [0.1, 0.15) is 31.4 Å². The lowest BCUT2D eigenvalue weighted by atomic mass is 10.1. The van der Waals surface area contributed by atoms with Gasteiger partial charge in [-0.3, -0.25) is 14.6 Å². The molecule has 0 aromatic heterocycles. The fourth-order valence-electron chi connectivity index (χ4n) is 4.89. The first kappa shape index (κ1) is 23.8. The van der Waals surface area contributed by atoms with Gasteiger partial charge in [0.25, 0.3) is 0 Å². The quantitative estimate of drug-likeness (QED) is 0.694. The molecule has 4 rings (SSSR count). The summed E-state index contributed by atoms with van der Waals surface area (Å²) in [5.74, 6) is -0.932. The fraction of sp³-hybridized carbons (Fsp3) is 0.500. The van der Waals surface area contributed by atoms with Crippen LogP contribution in [0.2, 0.25) is 0 Å². The average Bonchev–Trinajstić information content (AvgIpc) is 3.21. The van der Waals surface area contributed by atoms with E-state index in [0.29, 0.717) is 37.7 Å². The van der Waals surface area contributed by atoms with Gasteiger partial charge in [0.15, 0.2) is 0 Å². The third-order valence-corrected chi connectivity index (χ3v) is 6.87. The molecule has 1 amide bonds. The lowest BCUT2D eigenvalue weighted by molar-refractivity contribution is -0.138. The third-order valence-electron chi connectivity index (χ3n) is 6.87. The van der Waals surface area contributed by atoms with Gasteiger partial charge in [-0.1, -0.05) is 36.4 Å². The van der Waals surface area contributed by atoms with E-state index in [0.717, 1.165) is 32.2 Å². The zero-order valence-electron chi connectivity index (χ0n) is 19.5. The van der Waals surface area contributed by atoms with Crippen molar-refractivity contribution in [2.24, 2.45) is 0 Å². The van der Waals surface area contributed by atoms with Gasteiger partial charge >= 0.3 is 0 Å². The summed E-state index contributed by atoms with van der Waals surface area (Å²) in [6.45, 7) is 9.42. The largest absolute Gasteiger partial charge is 0.339 e. The van der Waals surface area contributed by atoms with E-state index in [1.807, 2.05) is 23.1 Å². The van der Waals surface area contributed by atoms with E-state index in [9.17, 15) is 13.6 Å². The third kappa shape index (κ3) is 5.96. The highest BCUT2D eigenvalue weighted by molar-refractivity contribution is 5.82. The van der Waals surface area contributed by atoms with E-state index in [-0.39, 0.29) is 18.0 Å². The highest BCUT2D eigenvalue weighted by atomic mass is 19.1. The number of hydrogen-bond acceptors (Lipinski definition) is 4. The van der Waals surface area contributed by atoms with Crippen LogP contribution in [0.4, 0.5) is 8.78 Å². The lowest BCUT2D eigenvalue weighted by Crippen LogP contribution is -2.54. The maximum Gasteiger partial charge on any atom is 0.240 e. The normalized spacial score (nSPS) is 22.3. The van der Waals surface area contributed by atoms with E-state index < -0.39 is 11.6 Å². The number of rotatable bonds is 7. The molecule has 0 radical (unpaired) electrons. The maximum absolute atomic E-state index is 14.1. The molecule has 2 saturated heterocycles. The van der Waals surface area contributed by atoms with Crippen LogP contribution in [-0.4, -0.2) is 71.5 Å². The minimum atomic E-state index is -0.575. The summed E-state index contributed by atoms with van der Waals surface area (Å²) in [5, 5.41) is 3.40. The number of benzene rings is 2. The molecule has 2 fully saturated rings. The molecule has 2 aromatic rings. The molecule has 0 unspecified atom stereocenters. The zero-order valence-corrected chi connectivity index (χ0v) is 19.5.